The lowest BCUT2D eigenvalue weighted by Gasteiger charge is -2.01. The van der Waals surface area contributed by atoms with Crippen LogP contribution in [0, 0.1) is 19.8 Å². The average molecular weight is 323 g/mol. The Morgan fingerprint density at radius 3 is 1.58 bits per heavy atom. The molecule has 2 aromatic rings. The van der Waals surface area contributed by atoms with E-state index in [1.54, 1.807) is 36.4 Å². The van der Waals surface area contributed by atoms with Crippen LogP contribution in [0.5, 0.6) is 11.5 Å². The summed E-state index contributed by atoms with van der Waals surface area (Å²) >= 11 is 0. The number of ketones is 1. The summed E-state index contributed by atoms with van der Waals surface area (Å²) in [5.41, 5.74) is 2.30. The van der Waals surface area contributed by atoms with Crippen LogP contribution in [0.1, 0.15) is 18.1 Å². The van der Waals surface area contributed by atoms with Crippen LogP contribution in [0.3, 0.4) is 0 Å². The molecule has 0 bridgehead atoms. The number of benzene rings is 2. The Hall–Kier alpha value is -2.81. The third-order valence-electron chi connectivity index (χ3n) is 3.18. The number of rotatable bonds is 0. The number of allylic oxidation sites excluding steroid dienone is 4. The summed E-state index contributed by atoms with van der Waals surface area (Å²) in [6.45, 7) is 5.98. The van der Waals surface area contributed by atoms with Gasteiger partial charge in [0.05, 0.1) is 0 Å². The standard InChI is InChI=1S/3C7H8O/c3*1-6-2-4-7(8)5-3-6/h2*2-5,8H,1H3;2-6H,1H3/p-1. The highest BCUT2D eigenvalue weighted by atomic mass is 16.3. The fourth-order valence-electron chi connectivity index (χ4n) is 1.70. The Morgan fingerprint density at radius 1 is 0.833 bits per heavy atom. The molecule has 0 fully saturated rings. The van der Waals surface area contributed by atoms with Crippen molar-refractivity contribution in [2.24, 2.45) is 5.92 Å². The van der Waals surface area contributed by atoms with Crippen LogP contribution >= 0.6 is 0 Å². The maximum Gasteiger partial charge on any atom is 0.178 e. The zero-order chi connectivity index (χ0) is 17.9. The molecular formula is C21H23O3-. The van der Waals surface area contributed by atoms with E-state index >= 15 is 0 Å². The van der Waals surface area contributed by atoms with Gasteiger partial charge in [-0.3, -0.25) is 4.79 Å². The lowest BCUT2D eigenvalue weighted by molar-refractivity contribution is -0.268. The Kier molecular flexibility index (Phi) is 8.06. The Labute approximate surface area is 143 Å². The molecular weight excluding hydrogens is 300 g/mol. The normalized spacial score (nSPS) is 12.7. The van der Waals surface area contributed by atoms with E-state index in [4.69, 9.17) is 5.11 Å². The molecule has 0 aliphatic heterocycles. The van der Waals surface area contributed by atoms with Crippen molar-refractivity contribution in [2.75, 3.05) is 0 Å². The molecule has 3 heteroatoms. The molecule has 0 spiro atoms. The molecule has 0 aromatic heterocycles. The van der Waals surface area contributed by atoms with Gasteiger partial charge in [0.25, 0.3) is 0 Å². The largest absolute Gasteiger partial charge is 0.872 e. The van der Waals surface area contributed by atoms with Gasteiger partial charge in [0.1, 0.15) is 5.75 Å². The van der Waals surface area contributed by atoms with E-state index in [1.165, 1.54) is 5.56 Å². The number of carbonyl (C=O) groups is 1. The fraction of sp³-hybridized carbons (Fsp3) is 0.190. The predicted octanol–water partition coefficient (Wildman–Crippen LogP) is 4.09. The first-order chi connectivity index (χ1) is 11.4. The number of aryl methyl sites for hydroxylation is 2. The predicted molar refractivity (Wildman–Crippen MR) is 95.9 cm³/mol. The first kappa shape index (κ1) is 19.2. The summed E-state index contributed by atoms with van der Waals surface area (Å²) in [6, 6.07) is 13.8. The lowest BCUT2D eigenvalue weighted by Crippen LogP contribution is -1.95. The van der Waals surface area contributed by atoms with Gasteiger partial charge in [-0.05, 0) is 44.1 Å². The maximum absolute atomic E-state index is 10.4. The van der Waals surface area contributed by atoms with Crippen molar-refractivity contribution in [2.45, 2.75) is 20.8 Å². The van der Waals surface area contributed by atoms with Gasteiger partial charge >= 0.3 is 0 Å². The quantitative estimate of drug-likeness (QED) is 0.794. The van der Waals surface area contributed by atoms with Crippen molar-refractivity contribution in [1.82, 2.24) is 0 Å². The minimum atomic E-state index is 0.0793. The average Bonchev–Trinajstić information content (AvgIpc) is 2.57. The lowest BCUT2D eigenvalue weighted by atomic mass is 10.1. The molecule has 0 unspecified atom stereocenters. The molecule has 126 valence electrons. The summed E-state index contributed by atoms with van der Waals surface area (Å²) in [6.07, 6.45) is 6.99. The molecule has 24 heavy (non-hydrogen) atoms. The molecule has 1 aliphatic rings. The number of hydrogen-bond donors (Lipinski definition) is 1. The van der Waals surface area contributed by atoms with Gasteiger partial charge in [-0.1, -0.05) is 66.6 Å². The molecule has 0 saturated carbocycles. The summed E-state index contributed by atoms with van der Waals surface area (Å²) in [5, 5.41) is 19.2. The SMILES string of the molecule is CC1C=CC(=O)C=C1.Cc1ccc(O)cc1.Cc1ccc([O-])cc1. The van der Waals surface area contributed by atoms with Crippen molar-refractivity contribution in [3.8, 4) is 11.5 Å². The minimum absolute atomic E-state index is 0.0793. The molecule has 0 radical (unpaired) electrons. The van der Waals surface area contributed by atoms with Crippen molar-refractivity contribution in [3.05, 3.63) is 84.0 Å². The van der Waals surface area contributed by atoms with E-state index in [9.17, 15) is 9.90 Å². The second-order valence-corrected chi connectivity index (χ2v) is 5.63. The van der Waals surface area contributed by atoms with E-state index < -0.39 is 0 Å². The highest BCUT2D eigenvalue weighted by Crippen LogP contribution is 2.07. The molecule has 1 aliphatic carbocycles. The molecule has 1 N–H and O–H groups in total. The van der Waals surface area contributed by atoms with E-state index in [-0.39, 0.29) is 11.5 Å². The highest BCUT2D eigenvalue weighted by Gasteiger charge is 1.98. The molecule has 3 rings (SSSR count). The summed E-state index contributed by atoms with van der Waals surface area (Å²) in [4.78, 5) is 10.4. The number of carbonyl (C=O) groups excluding carboxylic acids is 1. The zero-order valence-corrected chi connectivity index (χ0v) is 14.3. The van der Waals surface area contributed by atoms with Gasteiger partial charge in [-0.25, -0.2) is 0 Å². The van der Waals surface area contributed by atoms with Crippen molar-refractivity contribution in [1.29, 1.82) is 0 Å². The monoisotopic (exact) mass is 323 g/mol. The summed E-state index contributed by atoms with van der Waals surface area (Å²) in [7, 11) is 0. The molecule has 3 nitrogen and oxygen atoms in total. The topological polar surface area (TPSA) is 60.4 Å². The second-order valence-electron chi connectivity index (χ2n) is 5.63. The van der Waals surface area contributed by atoms with Crippen LogP contribution in [0.15, 0.2) is 72.8 Å². The Morgan fingerprint density at radius 2 is 1.25 bits per heavy atom. The van der Waals surface area contributed by atoms with Crippen molar-refractivity contribution >= 4 is 5.78 Å². The smallest absolute Gasteiger partial charge is 0.178 e. The van der Waals surface area contributed by atoms with E-state index in [0.717, 1.165) is 5.56 Å². The third-order valence-corrected chi connectivity index (χ3v) is 3.18. The molecule has 0 atom stereocenters. The van der Waals surface area contributed by atoms with Crippen LogP contribution < -0.4 is 5.11 Å². The van der Waals surface area contributed by atoms with Gasteiger partial charge in [0.15, 0.2) is 5.78 Å². The van der Waals surface area contributed by atoms with Gasteiger partial charge < -0.3 is 10.2 Å². The van der Waals surface area contributed by atoms with E-state index in [2.05, 4.69) is 0 Å². The van der Waals surface area contributed by atoms with E-state index in [0.29, 0.717) is 11.7 Å². The second kappa shape index (κ2) is 10.1. The first-order valence-electron chi connectivity index (χ1n) is 7.76. The molecule has 0 amide bonds. The molecule has 2 aromatic carbocycles. The maximum atomic E-state index is 10.4. The van der Waals surface area contributed by atoms with E-state index in [1.807, 2.05) is 57.2 Å². The third kappa shape index (κ3) is 8.59. The summed E-state index contributed by atoms with van der Waals surface area (Å²) < 4.78 is 0. The van der Waals surface area contributed by atoms with Gasteiger partial charge in [-0.15, -0.1) is 5.75 Å². The van der Waals surface area contributed by atoms with Crippen LogP contribution in [0.2, 0.25) is 0 Å². The van der Waals surface area contributed by atoms with Crippen LogP contribution in [0.25, 0.3) is 0 Å². The highest BCUT2D eigenvalue weighted by molar-refractivity contribution is 6.00. The first-order valence-corrected chi connectivity index (χ1v) is 7.76. The Bertz CT molecular complexity index is 579. The van der Waals surface area contributed by atoms with Gasteiger partial charge in [0.2, 0.25) is 0 Å². The van der Waals surface area contributed by atoms with Crippen LogP contribution in [-0.2, 0) is 4.79 Å². The van der Waals surface area contributed by atoms with Gasteiger partial charge in [-0.2, -0.15) is 0 Å². The molecule has 0 saturated heterocycles. The molecule has 0 heterocycles. The minimum Gasteiger partial charge on any atom is -0.872 e. The number of hydrogen-bond acceptors (Lipinski definition) is 3. The van der Waals surface area contributed by atoms with Gasteiger partial charge in [0, 0.05) is 0 Å². The van der Waals surface area contributed by atoms with Crippen molar-refractivity contribution in [3.63, 3.8) is 0 Å². The van der Waals surface area contributed by atoms with Crippen LogP contribution in [-0.4, -0.2) is 10.9 Å². The Balaban J connectivity index is 0.000000180. The zero-order valence-electron chi connectivity index (χ0n) is 14.3. The summed E-state index contributed by atoms with van der Waals surface area (Å²) in [5.74, 6) is 0.946. The van der Waals surface area contributed by atoms with Crippen molar-refractivity contribution < 1.29 is 15.0 Å². The number of aromatic hydroxyl groups is 1. The fourth-order valence-corrected chi connectivity index (χ4v) is 1.70. The number of phenols is 1. The number of phenolic OH excluding ortho intramolecular Hbond substituents is 1. The van der Waals surface area contributed by atoms with Crippen LogP contribution in [0.4, 0.5) is 0 Å².